The highest BCUT2D eigenvalue weighted by Gasteiger charge is 2.09. The molecule has 5 heteroatoms. The second kappa shape index (κ2) is 6.05. The molecule has 0 saturated heterocycles. The predicted octanol–water partition coefficient (Wildman–Crippen LogP) is 1.57. The van der Waals surface area contributed by atoms with E-state index in [0.29, 0.717) is 6.61 Å². The van der Waals surface area contributed by atoms with E-state index in [2.05, 4.69) is 26.2 Å². The van der Waals surface area contributed by atoms with Crippen LogP contribution in [-0.2, 0) is 4.74 Å². The van der Waals surface area contributed by atoms with Crippen LogP contribution in [0.1, 0.15) is 5.56 Å². The lowest BCUT2D eigenvalue weighted by Gasteiger charge is -2.17. The van der Waals surface area contributed by atoms with Crippen molar-refractivity contribution in [2.45, 2.75) is 13.0 Å². The molecule has 1 heterocycles. The molecule has 0 bridgehead atoms. The molecule has 0 amide bonds. The van der Waals surface area contributed by atoms with Gasteiger partial charge in [-0.1, -0.05) is 0 Å². The van der Waals surface area contributed by atoms with Gasteiger partial charge in [-0.2, -0.15) is 0 Å². The number of methoxy groups -OCH3 is 1. The molecule has 0 saturated carbocycles. The van der Waals surface area contributed by atoms with Crippen molar-refractivity contribution in [1.29, 1.82) is 0 Å². The van der Waals surface area contributed by atoms with Crippen molar-refractivity contribution in [3.63, 3.8) is 0 Å². The number of nitrogens with one attached hydrogen (secondary N) is 1. The number of hydrogen-bond acceptors (Lipinski definition) is 4. The Morgan fingerprint density at radius 2 is 2.40 bits per heavy atom. The molecule has 0 aliphatic carbocycles. The van der Waals surface area contributed by atoms with Crippen LogP contribution in [0.15, 0.2) is 16.7 Å². The second-order valence-corrected chi connectivity index (χ2v) is 4.21. The summed E-state index contributed by atoms with van der Waals surface area (Å²) in [6.07, 6.45) is 1.72. The third kappa shape index (κ3) is 3.77. The molecular weight excluding hydrogens is 260 g/mol. The van der Waals surface area contributed by atoms with Gasteiger partial charge in [-0.3, -0.25) is 0 Å². The van der Waals surface area contributed by atoms with Crippen molar-refractivity contribution in [2.24, 2.45) is 0 Å². The molecule has 0 spiro atoms. The maximum Gasteiger partial charge on any atom is 0.129 e. The Balaban J connectivity index is 2.70. The summed E-state index contributed by atoms with van der Waals surface area (Å²) in [5, 5.41) is 12.2. The minimum Gasteiger partial charge on any atom is -0.394 e. The summed E-state index contributed by atoms with van der Waals surface area (Å²) in [6.45, 7) is 2.43. The van der Waals surface area contributed by atoms with E-state index >= 15 is 0 Å². The predicted molar refractivity (Wildman–Crippen MR) is 63.0 cm³/mol. The van der Waals surface area contributed by atoms with Crippen LogP contribution in [-0.4, -0.2) is 36.5 Å². The van der Waals surface area contributed by atoms with E-state index < -0.39 is 0 Å². The Hall–Kier alpha value is -0.650. The van der Waals surface area contributed by atoms with Crippen molar-refractivity contribution in [1.82, 2.24) is 4.98 Å². The van der Waals surface area contributed by atoms with Crippen LogP contribution in [0.3, 0.4) is 0 Å². The molecule has 15 heavy (non-hydrogen) atoms. The second-order valence-electron chi connectivity index (χ2n) is 3.30. The lowest BCUT2D eigenvalue weighted by atomic mass is 10.2. The van der Waals surface area contributed by atoms with Gasteiger partial charge >= 0.3 is 0 Å². The monoisotopic (exact) mass is 274 g/mol. The average molecular weight is 275 g/mol. The van der Waals surface area contributed by atoms with E-state index in [-0.39, 0.29) is 12.6 Å². The van der Waals surface area contributed by atoms with E-state index in [1.54, 1.807) is 13.3 Å². The molecule has 0 aliphatic heterocycles. The molecule has 1 unspecified atom stereocenters. The lowest BCUT2D eigenvalue weighted by Crippen LogP contribution is -2.29. The van der Waals surface area contributed by atoms with Gasteiger partial charge in [0, 0.05) is 17.8 Å². The van der Waals surface area contributed by atoms with Crippen molar-refractivity contribution >= 4 is 21.7 Å². The molecule has 0 aliphatic rings. The van der Waals surface area contributed by atoms with Gasteiger partial charge < -0.3 is 15.2 Å². The third-order valence-corrected chi connectivity index (χ3v) is 2.41. The third-order valence-electron chi connectivity index (χ3n) is 1.97. The van der Waals surface area contributed by atoms with Crippen LogP contribution in [0.25, 0.3) is 0 Å². The number of aliphatic hydroxyl groups is 1. The first-order valence-corrected chi connectivity index (χ1v) is 5.45. The normalized spacial score (nSPS) is 12.5. The summed E-state index contributed by atoms with van der Waals surface area (Å²) in [4.78, 5) is 4.22. The van der Waals surface area contributed by atoms with E-state index in [0.717, 1.165) is 15.9 Å². The number of pyridine rings is 1. The van der Waals surface area contributed by atoms with Gasteiger partial charge in [0.15, 0.2) is 0 Å². The average Bonchev–Trinajstić information content (AvgIpc) is 2.21. The zero-order valence-corrected chi connectivity index (χ0v) is 10.4. The molecule has 0 aromatic carbocycles. The number of aryl methyl sites for hydroxylation is 1. The number of halogens is 1. The molecule has 0 radical (unpaired) electrons. The van der Waals surface area contributed by atoms with Gasteiger partial charge in [0.2, 0.25) is 0 Å². The van der Waals surface area contributed by atoms with Gasteiger partial charge in [0.1, 0.15) is 5.82 Å². The lowest BCUT2D eigenvalue weighted by molar-refractivity contribution is 0.153. The van der Waals surface area contributed by atoms with Gasteiger partial charge in [-0.25, -0.2) is 4.98 Å². The van der Waals surface area contributed by atoms with Crippen molar-refractivity contribution in [3.05, 3.63) is 22.3 Å². The molecular formula is C10H15BrN2O2. The molecule has 0 fully saturated rings. The standard InChI is InChI=1S/C10H15BrN2O2/c1-7-3-8(11)4-12-10(7)13-9(5-14)6-15-2/h3-4,9,14H,5-6H2,1-2H3,(H,12,13). The van der Waals surface area contributed by atoms with Gasteiger partial charge in [-0.05, 0) is 34.5 Å². The smallest absolute Gasteiger partial charge is 0.129 e. The van der Waals surface area contributed by atoms with E-state index in [1.165, 1.54) is 0 Å². The summed E-state index contributed by atoms with van der Waals surface area (Å²) in [6, 6.07) is 1.85. The number of rotatable bonds is 5. The summed E-state index contributed by atoms with van der Waals surface area (Å²) < 4.78 is 5.91. The van der Waals surface area contributed by atoms with E-state index in [1.807, 2.05) is 13.0 Å². The summed E-state index contributed by atoms with van der Waals surface area (Å²) in [5.74, 6) is 0.773. The Kier molecular flexibility index (Phi) is 5.01. The van der Waals surface area contributed by atoms with E-state index in [4.69, 9.17) is 9.84 Å². The molecule has 1 aromatic heterocycles. The summed E-state index contributed by atoms with van der Waals surface area (Å²) >= 11 is 3.35. The van der Waals surface area contributed by atoms with Gasteiger partial charge in [0.05, 0.1) is 19.3 Å². The molecule has 2 N–H and O–H groups in total. The van der Waals surface area contributed by atoms with Crippen LogP contribution >= 0.6 is 15.9 Å². The zero-order chi connectivity index (χ0) is 11.3. The Morgan fingerprint density at radius 1 is 1.67 bits per heavy atom. The highest BCUT2D eigenvalue weighted by atomic mass is 79.9. The Labute approximate surface area is 97.8 Å². The fourth-order valence-electron chi connectivity index (χ4n) is 1.23. The van der Waals surface area contributed by atoms with Crippen molar-refractivity contribution in [2.75, 3.05) is 25.6 Å². The molecule has 1 aromatic rings. The Morgan fingerprint density at radius 3 is 2.93 bits per heavy atom. The first-order valence-electron chi connectivity index (χ1n) is 4.66. The van der Waals surface area contributed by atoms with Crippen LogP contribution in [0.5, 0.6) is 0 Å². The minimum absolute atomic E-state index is 0.0189. The van der Waals surface area contributed by atoms with Gasteiger partial charge in [0.25, 0.3) is 0 Å². The van der Waals surface area contributed by atoms with Crippen LogP contribution in [0, 0.1) is 6.92 Å². The van der Waals surface area contributed by atoms with Crippen molar-refractivity contribution in [3.8, 4) is 0 Å². The quantitative estimate of drug-likeness (QED) is 0.856. The summed E-state index contributed by atoms with van der Waals surface area (Å²) in [7, 11) is 1.60. The highest BCUT2D eigenvalue weighted by Crippen LogP contribution is 2.17. The van der Waals surface area contributed by atoms with Crippen LogP contribution < -0.4 is 5.32 Å². The molecule has 84 valence electrons. The summed E-state index contributed by atoms with van der Waals surface area (Å²) in [5.41, 5.74) is 1.03. The first kappa shape index (κ1) is 12.4. The molecule has 4 nitrogen and oxygen atoms in total. The number of ether oxygens (including phenoxy) is 1. The number of nitrogens with zero attached hydrogens (tertiary/aromatic N) is 1. The maximum absolute atomic E-state index is 9.08. The zero-order valence-electron chi connectivity index (χ0n) is 8.83. The number of aliphatic hydroxyl groups excluding tert-OH is 1. The fraction of sp³-hybridized carbons (Fsp3) is 0.500. The maximum atomic E-state index is 9.08. The van der Waals surface area contributed by atoms with Crippen LogP contribution in [0.4, 0.5) is 5.82 Å². The number of hydrogen-bond donors (Lipinski definition) is 2. The van der Waals surface area contributed by atoms with Crippen molar-refractivity contribution < 1.29 is 9.84 Å². The first-order chi connectivity index (χ1) is 7.17. The number of anilines is 1. The SMILES string of the molecule is COCC(CO)Nc1ncc(Br)cc1C. The number of aromatic nitrogens is 1. The molecule has 1 atom stereocenters. The largest absolute Gasteiger partial charge is 0.394 e. The Bertz CT molecular complexity index is 320. The fourth-order valence-corrected chi connectivity index (χ4v) is 1.67. The molecule has 1 rings (SSSR count). The van der Waals surface area contributed by atoms with Crippen LogP contribution in [0.2, 0.25) is 0 Å². The minimum atomic E-state index is -0.123. The van der Waals surface area contributed by atoms with Gasteiger partial charge in [-0.15, -0.1) is 0 Å². The topological polar surface area (TPSA) is 54.4 Å². The van der Waals surface area contributed by atoms with E-state index in [9.17, 15) is 0 Å². The highest BCUT2D eigenvalue weighted by molar-refractivity contribution is 9.10.